The van der Waals surface area contributed by atoms with Crippen molar-refractivity contribution in [2.45, 2.75) is 31.4 Å². The van der Waals surface area contributed by atoms with Gasteiger partial charge in [-0.15, -0.1) is 0 Å². The maximum atomic E-state index is 12.7. The van der Waals surface area contributed by atoms with E-state index in [2.05, 4.69) is 17.3 Å². The van der Waals surface area contributed by atoms with Crippen LogP contribution in [0.2, 0.25) is 0 Å². The molecule has 3 aliphatic rings. The summed E-state index contributed by atoms with van der Waals surface area (Å²) in [7, 11) is 2.05. The molecule has 6 nitrogen and oxygen atoms in total. The van der Waals surface area contributed by atoms with Gasteiger partial charge in [0.05, 0.1) is 19.3 Å². The quantitative estimate of drug-likeness (QED) is 0.753. The molecule has 2 unspecified atom stereocenters. The summed E-state index contributed by atoms with van der Waals surface area (Å²) in [5.74, 6) is 0.302. The number of carbonyl (C=O) groups excluding carboxylic acids is 2. The smallest absolute Gasteiger partial charge is 0.248 e. The molecule has 2 atom stereocenters. The maximum absolute atomic E-state index is 12.7. The second-order valence-corrected chi connectivity index (χ2v) is 6.47. The van der Waals surface area contributed by atoms with Gasteiger partial charge in [0.2, 0.25) is 11.8 Å². The van der Waals surface area contributed by atoms with Gasteiger partial charge in [0, 0.05) is 19.6 Å². The normalized spacial score (nSPS) is 36.1. The van der Waals surface area contributed by atoms with Crippen molar-refractivity contribution in [3.8, 4) is 0 Å². The van der Waals surface area contributed by atoms with Crippen LogP contribution >= 0.6 is 0 Å². The van der Waals surface area contributed by atoms with Crippen LogP contribution in [0.1, 0.15) is 19.8 Å². The van der Waals surface area contributed by atoms with Crippen molar-refractivity contribution in [3.05, 3.63) is 0 Å². The van der Waals surface area contributed by atoms with E-state index in [1.54, 1.807) is 4.90 Å². The highest BCUT2D eigenvalue weighted by atomic mass is 16.5. The van der Waals surface area contributed by atoms with E-state index in [-0.39, 0.29) is 24.5 Å². The van der Waals surface area contributed by atoms with E-state index < -0.39 is 5.54 Å². The summed E-state index contributed by atoms with van der Waals surface area (Å²) >= 11 is 0. The molecule has 112 valence electrons. The Morgan fingerprint density at radius 3 is 2.80 bits per heavy atom. The van der Waals surface area contributed by atoms with Crippen LogP contribution in [-0.4, -0.2) is 73.1 Å². The maximum Gasteiger partial charge on any atom is 0.248 e. The molecule has 1 saturated carbocycles. The van der Waals surface area contributed by atoms with Crippen LogP contribution < -0.4 is 5.32 Å². The molecule has 1 N–H and O–H groups in total. The number of rotatable bonds is 3. The summed E-state index contributed by atoms with van der Waals surface area (Å²) < 4.78 is 5.71. The summed E-state index contributed by atoms with van der Waals surface area (Å²) in [6, 6.07) is 0. The fourth-order valence-electron chi connectivity index (χ4n) is 3.26. The highest BCUT2D eigenvalue weighted by Crippen LogP contribution is 2.41. The van der Waals surface area contributed by atoms with E-state index in [4.69, 9.17) is 4.74 Å². The van der Waals surface area contributed by atoms with Gasteiger partial charge in [-0.25, -0.2) is 0 Å². The third-order valence-electron chi connectivity index (χ3n) is 4.62. The van der Waals surface area contributed by atoms with Crippen LogP contribution in [0.3, 0.4) is 0 Å². The molecule has 2 amide bonds. The van der Waals surface area contributed by atoms with Gasteiger partial charge in [-0.3, -0.25) is 9.59 Å². The van der Waals surface area contributed by atoms with E-state index in [9.17, 15) is 9.59 Å². The van der Waals surface area contributed by atoms with Gasteiger partial charge in [0.1, 0.15) is 5.54 Å². The average Bonchev–Trinajstić information content (AvgIpc) is 3.20. The lowest BCUT2D eigenvalue weighted by Gasteiger charge is -2.42. The molecular weight excluding hydrogens is 258 g/mol. The standard InChI is InChI=1S/C14H23N3O3/c1-14(10-3-4-10)13(19)17(9-12(18)15-14)8-11-7-16(2)5-6-20-11/h10-11H,3-9H2,1-2H3,(H,15,18). The van der Waals surface area contributed by atoms with Crippen LogP contribution in [-0.2, 0) is 14.3 Å². The van der Waals surface area contributed by atoms with Crippen molar-refractivity contribution in [1.29, 1.82) is 0 Å². The van der Waals surface area contributed by atoms with E-state index in [0.29, 0.717) is 19.1 Å². The number of morpholine rings is 1. The molecule has 0 aromatic heterocycles. The van der Waals surface area contributed by atoms with Crippen LogP contribution in [0.4, 0.5) is 0 Å². The van der Waals surface area contributed by atoms with E-state index >= 15 is 0 Å². The van der Waals surface area contributed by atoms with Crippen molar-refractivity contribution < 1.29 is 14.3 Å². The molecule has 3 fully saturated rings. The predicted octanol–water partition coefficient (Wildman–Crippen LogP) is -0.556. The molecule has 2 aliphatic heterocycles. The number of nitrogens with one attached hydrogen (secondary N) is 1. The second-order valence-electron chi connectivity index (χ2n) is 6.47. The molecule has 6 heteroatoms. The molecule has 2 heterocycles. The predicted molar refractivity (Wildman–Crippen MR) is 73.1 cm³/mol. The number of ether oxygens (including phenoxy) is 1. The van der Waals surface area contributed by atoms with Gasteiger partial charge in [0.15, 0.2) is 0 Å². The second kappa shape index (κ2) is 5.00. The fourth-order valence-corrected chi connectivity index (χ4v) is 3.26. The van der Waals surface area contributed by atoms with Crippen molar-refractivity contribution in [1.82, 2.24) is 15.1 Å². The molecule has 0 bridgehead atoms. The van der Waals surface area contributed by atoms with E-state index in [1.165, 1.54) is 0 Å². The minimum atomic E-state index is -0.699. The third kappa shape index (κ3) is 2.54. The monoisotopic (exact) mass is 281 g/mol. The van der Waals surface area contributed by atoms with Gasteiger partial charge in [-0.1, -0.05) is 0 Å². The number of carbonyl (C=O) groups is 2. The largest absolute Gasteiger partial charge is 0.374 e. The van der Waals surface area contributed by atoms with Crippen molar-refractivity contribution in [2.24, 2.45) is 5.92 Å². The first-order valence-electron chi connectivity index (χ1n) is 7.39. The lowest BCUT2D eigenvalue weighted by atomic mass is 9.91. The van der Waals surface area contributed by atoms with Crippen LogP contribution in [0.5, 0.6) is 0 Å². The van der Waals surface area contributed by atoms with Crippen molar-refractivity contribution >= 4 is 11.8 Å². The minimum absolute atomic E-state index is 0.00653. The Morgan fingerprint density at radius 1 is 1.40 bits per heavy atom. The van der Waals surface area contributed by atoms with Crippen LogP contribution in [0.15, 0.2) is 0 Å². The summed E-state index contributed by atoms with van der Waals surface area (Å²) in [5, 5.41) is 2.90. The van der Waals surface area contributed by atoms with Gasteiger partial charge in [-0.2, -0.15) is 0 Å². The van der Waals surface area contributed by atoms with Crippen LogP contribution in [0.25, 0.3) is 0 Å². The van der Waals surface area contributed by atoms with Crippen LogP contribution in [0, 0.1) is 5.92 Å². The summed E-state index contributed by atoms with van der Waals surface area (Å²) in [6.45, 7) is 4.96. The Hall–Kier alpha value is -1.14. The van der Waals surface area contributed by atoms with Gasteiger partial charge < -0.3 is 19.9 Å². The number of hydrogen-bond acceptors (Lipinski definition) is 4. The average molecular weight is 281 g/mol. The highest BCUT2D eigenvalue weighted by molar-refractivity contribution is 5.98. The summed E-state index contributed by atoms with van der Waals surface area (Å²) in [5.41, 5.74) is -0.699. The molecule has 0 spiro atoms. The number of likely N-dealkylation sites (N-methyl/N-ethyl adjacent to an activating group) is 1. The van der Waals surface area contributed by atoms with Gasteiger partial charge in [-0.05, 0) is 32.7 Å². The minimum Gasteiger partial charge on any atom is -0.374 e. The SMILES string of the molecule is CN1CCOC(CN2CC(=O)NC(C)(C3CC3)C2=O)C1. The van der Waals surface area contributed by atoms with Gasteiger partial charge in [0.25, 0.3) is 0 Å². The molecule has 0 aromatic rings. The Balaban J connectivity index is 1.68. The number of amides is 2. The number of piperazine rings is 1. The molecular formula is C14H23N3O3. The number of nitrogens with zero attached hydrogens (tertiary/aromatic N) is 2. The zero-order valence-electron chi connectivity index (χ0n) is 12.2. The Kier molecular flexibility index (Phi) is 3.46. The highest BCUT2D eigenvalue weighted by Gasteiger charge is 2.52. The molecule has 3 rings (SSSR count). The van der Waals surface area contributed by atoms with E-state index in [0.717, 1.165) is 25.9 Å². The first-order chi connectivity index (χ1) is 9.49. The zero-order chi connectivity index (χ0) is 14.3. The fraction of sp³-hybridized carbons (Fsp3) is 0.857. The number of hydrogen-bond donors (Lipinski definition) is 1. The molecule has 1 aliphatic carbocycles. The first-order valence-corrected chi connectivity index (χ1v) is 7.39. The Bertz CT molecular complexity index is 424. The lowest BCUT2D eigenvalue weighted by molar-refractivity contribution is -0.153. The zero-order valence-corrected chi connectivity index (χ0v) is 12.2. The molecule has 0 radical (unpaired) electrons. The Morgan fingerprint density at radius 2 is 2.15 bits per heavy atom. The molecule has 0 aromatic carbocycles. The van der Waals surface area contributed by atoms with Crippen molar-refractivity contribution in [2.75, 3.05) is 39.8 Å². The Labute approximate surface area is 119 Å². The lowest BCUT2D eigenvalue weighted by Crippen LogP contribution is -2.67. The van der Waals surface area contributed by atoms with E-state index in [1.807, 2.05) is 6.92 Å². The molecule has 2 saturated heterocycles. The third-order valence-corrected chi connectivity index (χ3v) is 4.62. The topological polar surface area (TPSA) is 61.9 Å². The van der Waals surface area contributed by atoms with Crippen molar-refractivity contribution in [3.63, 3.8) is 0 Å². The first kappa shape index (κ1) is 13.8. The summed E-state index contributed by atoms with van der Waals surface area (Å²) in [4.78, 5) is 28.5. The molecule has 20 heavy (non-hydrogen) atoms. The van der Waals surface area contributed by atoms with Gasteiger partial charge >= 0.3 is 0 Å². The summed E-state index contributed by atoms with van der Waals surface area (Å²) in [6.07, 6.45) is 2.06.